The first-order valence-corrected chi connectivity index (χ1v) is 14.8. The molecule has 8 bridgehead atoms. The van der Waals surface area contributed by atoms with E-state index in [4.69, 9.17) is 0 Å². The largest absolute Gasteiger partial charge is 0.0582 e. The molecule has 0 aromatic heterocycles. The van der Waals surface area contributed by atoms with E-state index < -0.39 is 0 Å². The van der Waals surface area contributed by atoms with Gasteiger partial charge in [0, 0.05) is 5.92 Å². The van der Waals surface area contributed by atoms with Gasteiger partial charge in [0.25, 0.3) is 0 Å². The molecule has 8 aliphatic rings. The summed E-state index contributed by atoms with van der Waals surface area (Å²) in [6.07, 6.45) is 18.0. The number of hydrogen-bond acceptors (Lipinski definition) is 0. The number of rotatable bonds is 4. The van der Waals surface area contributed by atoms with Crippen molar-refractivity contribution < 1.29 is 0 Å². The molecule has 178 valence electrons. The van der Waals surface area contributed by atoms with Crippen LogP contribution < -0.4 is 0 Å². The molecule has 2 aromatic carbocycles. The van der Waals surface area contributed by atoms with Crippen LogP contribution in [0.1, 0.15) is 112 Å². The van der Waals surface area contributed by atoms with E-state index in [1.165, 1.54) is 88.2 Å². The van der Waals surface area contributed by atoms with E-state index in [9.17, 15) is 0 Å². The van der Waals surface area contributed by atoms with Crippen molar-refractivity contribution in [2.24, 2.45) is 35.5 Å². The number of benzene rings is 2. The second kappa shape index (κ2) is 7.24. The van der Waals surface area contributed by atoms with Crippen LogP contribution in [-0.4, -0.2) is 0 Å². The second-order valence-corrected chi connectivity index (χ2v) is 14.4. The second-order valence-electron chi connectivity index (χ2n) is 14.4. The quantitative estimate of drug-likeness (QED) is 0.436. The predicted octanol–water partition coefficient (Wildman–Crippen LogP) is 8.77. The van der Waals surface area contributed by atoms with Gasteiger partial charge < -0.3 is 0 Å². The minimum Gasteiger partial charge on any atom is -0.0582 e. The normalized spacial score (nSPS) is 44.5. The fourth-order valence-corrected chi connectivity index (χ4v) is 11.4. The molecule has 0 amide bonds. The highest BCUT2D eigenvalue weighted by atomic mass is 14.6. The van der Waals surface area contributed by atoms with Crippen LogP contribution >= 0.6 is 0 Å². The molecule has 10 rings (SSSR count). The molecule has 0 heterocycles. The standard InChI is InChI=1S/C34H42/c1-22(29-2-6-31(7-3-29)33-16-23-10-24(17-33)12-25(11-23)18-33)30-4-8-32(9-5-30)34-19-26-13-27(20-34)15-28(14-26)21-34/h2-9,22-28H,10-21H2,1H3. The van der Waals surface area contributed by atoms with Gasteiger partial charge in [0.15, 0.2) is 0 Å². The smallest absolute Gasteiger partial charge is 0.00610 e. The van der Waals surface area contributed by atoms with E-state index in [1.807, 2.05) is 0 Å². The molecule has 0 N–H and O–H groups in total. The Bertz CT molecular complexity index is 912. The van der Waals surface area contributed by atoms with Crippen molar-refractivity contribution in [3.05, 3.63) is 70.8 Å². The highest BCUT2D eigenvalue weighted by molar-refractivity contribution is 5.39. The van der Waals surface area contributed by atoms with E-state index in [0.29, 0.717) is 16.7 Å². The summed E-state index contributed by atoms with van der Waals surface area (Å²) >= 11 is 0. The summed E-state index contributed by atoms with van der Waals surface area (Å²) < 4.78 is 0. The van der Waals surface area contributed by atoms with Crippen LogP contribution in [0.4, 0.5) is 0 Å². The molecule has 0 heteroatoms. The molecule has 8 fully saturated rings. The Hall–Kier alpha value is -1.56. The van der Waals surface area contributed by atoms with Gasteiger partial charge >= 0.3 is 0 Å². The Kier molecular flexibility index (Phi) is 4.39. The molecular formula is C34H42. The molecule has 0 saturated heterocycles. The maximum Gasteiger partial charge on any atom is 0.00610 e. The first-order chi connectivity index (χ1) is 16.6. The Balaban J connectivity index is 1.02. The average molecular weight is 451 g/mol. The number of hydrogen-bond donors (Lipinski definition) is 0. The highest BCUT2D eigenvalue weighted by Gasteiger charge is 2.52. The molecule has 2 aromatic rings. The molecule has 0 unspecified atom stereocenters. The monoisotopic (exact) mass is 450 g/mol. The Morgan fingerprint density at radius 3 is 1.00 bits per heavy atom. The van der Waals surface area contributed by atoms with E-state index in [1.54, 1.807) is 11.1 Å². The molecule has 34 heavy (non-hydrogen) atoms. The van der Waals surface area contributed by atoms with Gasteiger partial charge in [-0.2, -0.15) is 0 Å². The summed E-state index contributed by atoms with van der Waals surface area (Å²) in [5.74, 6) is 6.63. The lowest BCUT2D eigenvalue weighted by Gasteiger charge is -2.57. The van der Waals surface area contributed by atoms with Gasteiger partial charge in [-0.05, 0) is 146 Å². The van der Waals surface area contributed by atoms with Crippen LogP contribution in [0.5, 0.6) is 0 Å². The van der Waals surface area contributed by atoms with Gasteiger partial charge in [0.1, 0.15) is 0 Å². The first-order valence-electron chi connectivity index (χ1n) is 14.8. The summed E-state index contributed by atoms with van der Waals surface area (Å²) in [7, 11) is 0. The fourth-order valence-electron chi connectivity index (χ4n) is 11.4. The molecular weight excluding hydrogens is 408 g/mol. The Morgan fingerprint density at radius 1 is 0.471 bits per heavy atom. The van der Waals surface area contributed by atoms with Crippen molar-refractivity contribution >= 4 is 0 Å². The summed E-state index contributed by atoms with van der Waals surface area (Å²) in [5, 5.41) is 0. The lowest BCUT2D eigenvalue weighted by Crippen LogP contribution is -2.48. The molecule has 8 aliphatic carbocycles. The zero-order valence-electron chi connectivity index (χ0n) is 21.1. The minimum atomic E-state index is 0.482. The first kappa shape index (κ1) is 20.6. The maximum absolute atomic E-state index is 2.53. The lowest BCUT2D eigenvalue weighted by molar-refractivity contribution is -0.00530. The minimum absolute atomic E-state index is 0.482. The van der Waals surface area contributed by atoms with Gasteiger partial charge in [0.2, 0.25) is 0 Å². The van der Waals surface area contributed by atoms with Crippen LogP contribution in [0, 0.1) is 35.5 Å². The summed E-state index contributed by atoms with van der Waals surface area (Å²) in [5.41, 5.74) is 7.37. The lowest BCUT2D eigenvalue weighted by atomic mass is 9.48. The maximum atomic E-state index is 2.53. The van der Waals surface area contributed by atoms with Gasteiger partial charge in [-0.3, -0.25) is 0 Å². The van der Waals surface area contributed by atoms with Crippen molar-refractivity contribution in [3.63, 3.8) is 0 Å². The summed E-state index contributed by atoms with van der Waals surface area (Å²) in [6, 6.07) is 20.0. The van der Waals surface area contributed by atoms with Gasteiger partial charge in [-0.1, -0.05) is 55.5 Å². The van der Waals surface area contributed by atoms with E-state index in [-0.39, 0.29) is 0 Å². The van der Waals surface area contributed by atoms with Crippen LogP contribution in [0.25, 0.3) is 0 Å². The summed E-state index contributed by atoms with van der Waals surface area (Å²) in [6.45, 7) is 2.42. The van der Waals surface area contributed by atoms with E-state index >= 15 is 0 Å². The SMILES string of the molecule is CC(c1ccc(C23CC4CC(CC(C4)C2)C3)cc1)c1ccc(C23CC4CC(CC(C4)C2)C3)cc1. The molecule has 0 spiro atoms. The van der Waals surface area contributed by atoms with Crippen LogP contribution in [0.15, 0.2) is 48.5 Å². The van der Waals surface area contributed by atoms with Crippen LogP contribution in [0.3, 0.4) is 0 Å². The van der Waals surface area contributed by atoms with Gasteiger partial charge in [-0.15, -0.1) is 0 Å². The Labute approximate surface area is 206 Å². The van der Waals surface area contributed by atoms with Crippen LogP contribution in [-0.2, 0) is 10.8 Å². The van der Waals surface area contributed by atoms with Crippen molar-refractivity contribution in [1.82, 2.24) is 0 Å². The molecule has 0 radical (unpaired) electrons. The molecule has 0 aliphatic heterocycles. The summed E-state index contributed by atoms with van der Waals surface area (Å²) in [4.78, 5) is 0. The average Bonchev–Trinajstić information content (AvgIpc) is 2.82. The zero-order chi connectivity index (χ0) is 22.5. The van der Waals surface area contributed by atoms with Gasteiger partial charge in [0.05, 0.1) is 0 Å². The molecule has 8 saturated carbocycles. The van der Waals surface area contributed by atoms with Crippen molar-refractivity contribution in [1.29, 1.82) is 0 Å². The zero-order valence-corrected chi connectivity index (χ0v) is 21.1. The molecule has 0 atom stereocenters. The third-order valence-electron chi connectivity index (χ3n) is 12.1. The third kappa shape index (κ3) is 3.09. The highest BCUT2D eigenvalue weighted by Crippen LogP contribution is 2.62. The van der Waals surface area contributed by atoms with Crippen molar-refractivity contribution in [3.8, 4) is 0 Å². The van der Waals surface area contributed by atoms with E-state index in [2.05, 4.69) is 55.5 Å². The van der Waals surface area contributed by atoms with Crippen molar-refractivity contribution in [2.75, 3.05) is 0 Å². The van der Waals surface area contributed by atoms with E-state index in [0.717, 1.165) is 35.5 Å². The van der Waals surface area contributed by atoms with Crippen LogP contribution in [0.2, 0.25) is 0 Å². The predicted molar refractivity (Wildman–Crippen MR) is 140 cm³/mol. The fraction of sp³-hybridized carbons (Fsp3) is 0.647. The Morgan fingerprint density at radius 2 is 0.735 bits per heavy atom. The third-order valence-corrected chi connectivity index (χ3v) is 12.1. The molecule has 0 nitrogen and oxygen atoms in total. The van der Waals surface area contributed by atoms with Crippen molar-refractivity contribution in [2.45, 2.75) is 101 Å². The topological polar surface area (TPSA) is 0 Å². The van der Waals surface area contributed by atoms with Gasteiger partial charge in [-0.25, -0.2) is 0 Å².